The topological polar surface area (TPSA) is 77.8 Å². The van der Waals surface area contributed by atoms with Gasteiger partial charge in [0.1, 0.15) is 17.1 Å². The number of rotatable bonds is 6. The van der Waals surface area contributed by atoms with Crippen molar-refractivity contribution in [3.8, 4) is 17.2 Å². The van der Waals surface area contributed by atoms with Crippen LogP contribution in [0.25, 0.3) is 11.0 Å². The maximum atomic E-state index is 13.7. The fourth-order valence-corrected chi connectivity index (χ4v) is 4.00. The summed E-state index contributed by atoms with van der Waals surface area (Å²) >= 11 is 5.97. The number of fused-ring (bicyclic) bond motifs is 1. The molecule has 0 bridgehead atoms. The number of halogens is 4. The Hall–Kier alpha value is -3.20. The molecule has 6 nitrogen and oxygen atoms in total. The second-order valence-electron chi connectivity index (χ2n) is 7.97. The molecule has 1 fully saturated rings. The lowest BCUT2D eigenvalue weighted by atomic mass is 9.95. The highest BCUT2D eigenvalue weighted by Gasteiger charge is 2.40. The van der Waals surface area contributed by atoms with Crippen molar-refractivity contribution in [2.75, 3.05) is 6.61 Å². The zero-order valence-electron chi connectivity index (χ0n) is 17.9. The maximum Gasteiger partial charge on any atom is 0.453 e. The van der Waals surface area contributed by atoms with Gasteiger partial charge in [0.2, 0.25) is 11.2 Å². The van der Waals surface area contributed by atoms with Gasteiger partial charge in [0.15, 0.2) is 6.61 Å². The van der Waals surface area contributed by atoms with Crippen LogP contribution in [0.15, 0.2) is 51.7 Å². The van der Waals surface area contributed by atoms with Crippen molar-refractivity contribution in [3.05, 3.63) is 63.5 Å². The van der Waals surface area contributed by atoms with Gasteiger partial charge in [-0.2, -0.15) is 13.2 Å². The number of carbonyl (C=O) groups is 1. The molecule has 1 aliphatic carbocycles. The predicted octanol–water partition coefficient (Wildman–Crippen LogP) is 6.09. The second kappa shape index (κ2) is 9.97. The summed E-state index contributed by atoms with van der Waals surface area (Å²) < 4.78 is 56.8. The lowest BCUT2D eigenvalue weighted by Gasteiger charge is -2.22. The van der Waals surface area contributed by atoms with E-state index in [1.165, 1.54) is 30.3 Å². The van der Waals surface area contributed by atoms with E-state index in [0.717, 1.165) is 38.2 Å². The smallest absolute Gasteiger partial charge is 0.453 e. The third-order valence-corrected chi connectivity index (χ3v) is 5.78. The quantitative estimate of drug-likeness (QED) is 0.448. The molecule has 0 spiro atoms. The van der Waals surface area contributed by atoms with Crippen LogP contribution in [0.5, 0.6) is 17.2 Å². The number of benzene rings is 2. The summed E-state index contributed by atoms with van der Waals surface area (Å²) in [7, 11) is 0. The third-order valence-electron chi connectivity index (χ3n) is 5.47. The van der Waals surface area contributed by atoms with Crippen molar-refractivity contribution in [1.82, 2.24) is 5.32 Å². The second-order valence-corrected chi connectivity index (χ2v) is 8.38. The average molecular weight is 496 g/mol. The average Bonchev–Trinajstić information content (AvgIpc) is 2.80. The van der Waals surface area contributed by atoms with Gasteiger partial charge in [-0.05, 0) is 37.1 Å². The summed E-state index contributed by atoms with van der Waals surface area (Å²) in [5, 5.41) is 2.77. The van der Waals surface area contributed by atoms with Crippen molar-refractivity contribution >= 4 is 28.5 Å². The summed E-state index contributed by atoms with van der Waals surface area (Å²) in [5.74, 6) is -2.98. The SMILES string of the molecule is O=C(COc1ccc2c(=O)c(Oc3ccccc3Cl)c(C(F)(F)F)oc2c1)NC1CCCCC1. The largest absolute Gasteiger partial charge is 0.484 e. The molecule has 1 amide bonds. The van der Waals surface area contributed by atoms with Gasteiger partial charge in [0.05, 0.1) is 10.4 Å². The van der Waals surface area contributed by atoms with Crippen LogP contribution >= 0.6 is 11.6 Å². The Morgan fingerprint density at radius 3 is 2.56 bits per heavy atom. The van der Waals surface area contributed by atoms with Crippen LogP contribution < -0.4 is 20.2 Å². The first kappa shape index (κ1) is 23.9. The number of alkyl halides is 3. The van der Waals surface area contributed by atoms with E-state index in [0.29, 0.717) is 0 Å². The first-order valence-electron chi connectivity index (χ1n) is 10.7. The fraction of sp³-hybridized carbons (Fsp3) is 0.333. The molecule has 0 unspecified atom stereocenters. The Balaban J connectivity index is 1.59. The van der Waals surface area contributed by atoms with Gasteiger partial charge >= 0.3 is 6.18 Å². The molecule has 0 saturated heterocycles. The summed E-state index contributed by atoms with van der Waals surface area (Å²) in [4.78, 5) is 25.0. The third kappa shape index (κ3) is 5.47. The lowest BCUT2D eigenvalue weighted by molar-refractivity contribution is -0.154. The van der Waals surface area contributed by atoms with Crippen molar-refractivity contribution in [2.24, 2.45) is 0 Å². The van der Waals surface area contributed by atoms with E-state index in [9.17, 15) is 22.8 Å². The minimum Gasteiger partial charge on any atom is -0.484 e. The highest BCUT2D eigenvalue weighted by Crippen LogP contribution is 2.39. The monoisotopic (exact) mass is 495 g/mol. The van der Waals surface area contributed by atoms with E-state index in [1.54, 1.807) is 6.07 Å². The standard InChI is InChI=1S/C24H21ClF3NO5/c25-17-8-4-5-9-18(17)33-22-21(31)16-11-10-15(12-19(16)34-23(22)24(26,27)28)32-13-20(30)29-14-6-2-1-3-7-14/h4-5,8-12,14H,1-3,6-7,13H2,(H,29,30). The molecule has 180 valence electrons. The van der Waals surface area contributed by atoms with E-state index < -0.39 is 23.1 Å². The summed E-state index contributed by atoms with van der Waals surface area (Å²) in [6.07, 6.45) is 0.0622. The van der Waals surface area contributed by atoms with Gasteiger partial charge in [0.25, 0.3) is 11.7 Å². The fourth-order valence-electron chi connectivity index (χ4n) is 3.83. The van der Waals surface area contributed by atoms with Crippen LogP contribution in [0.3, 0.4) is 0 Å². The zero-order valence-corrected chi connectivity index (χ0v) is 18.7. The molecule has 10 heteroatoms. The highest BCUT2D eigenvalue weighted by atomic mass is 35.5. The highest BCUT2D eigenvalue weighted by molar-refractivity contribution is 6.32. The van der Waals surface area contributed by atoms with Gasteiger partial charge in [-0.1, -0.05) is 43.0 Å². The van der Waals surface area contributed by atoms with Crippen LogP contribution in [-0.2, 0) is 11.0 Å². The van der Waals surface area contributed by atoms with E-state index in [1.807, 2.05) is 0 Å². The van der Waals surface area contributed by atoms with Crippen molar-refractivity contribution in [3.63, 3.8) is 0 Å². The molecule has 1 N–H and O–H groups in total. The molecule has 2 aromatic carbocycles. The van der Waals surface area contributed by atoms with Crippen LogP contribution in [0.2, 0.25) is 5.02 Å². The number of ether oxygens (including phenoxy) is 2. The van der Waals surface area contributed by atoms with E-state index in [4.69, 9.17) is 25.5 Å². The molecule has 1 aliphatic rings. The normalized spacial score (nSPS) is 14.7. The number of hydrogen-bond acceptors (Lipinski definition) is 5. The maximum absolute atomic E-state index is 13.7. The van der Waals surface area contributed by atoms with E-state index in [2.05, 4.69) is 5.32 Å². The summed E-state index contributed by atoms with van der Waals surface area (Å²) in [6, 6.07) is 9.70. The molecular formula is C24H21ClF3NO5. The number of para-hydroxylation sites is 1. The van der Waals surface area contributed by atoms with Crippen LogP contribution in [-0.4, -0.2) is 18.6 Å². The molecule has 3 aromatic rings. The van der Waals surface area contributed by atoms with E-state index in [-0.39, 0.29) is 46.0 Å². The molecule has 1 heterocycles. The molecule has 0 aliphatic heterocycles. The molecule has 0 radical (unpaired) electrons. The Morgan fingerprint density at radius 1 is 1.12 bits per heavy atom. The zero-order chi connectivity index (χ0) is 24.3. The lowest BCUT2D eigenvalue weighted by Crippen LogP contribution is -2.38. The van der Waals surface area contributed by atoms with E-state index >= 15 is 0 Å². The first-order chi connectivity index (χ1) is 16.2. The molecule has 0 atom stereocenters. The Morgan fingerprint density at radius 2 is 1.85 bits per heavy atom. The van der Waals surface area contributed by atoms with Crippen LogP contribution in [0, 0.1) is 0 Å². The van der Waals surface area contributed by atoms with Gasteiger partial charge in [-0.15, -0.1) is 0 Å². The summed E-state index contributed by atoms with van der Waals surface area (Å²) in [6.45, 7) is -0.313. The minimum absolute atomic E-state index is 0.0328. The molecule has 1 aromatic heterocycles. The van der Waals surface area contributed by atoms with Crippen LogP contribution in [0.4, 0.5) is 13.2 Å². The molecule has 4 rings (SSSR count). The first-order valence-corrected chi connectivity index (χ1v) is 11.1. The molecular weight excluding hydrogens is 475 g/mol. The van der Waals surface area contributed by atoms with Gasteiger partial charge in [-0.25, -0.2) is 0 Å². The Bertz CT molecular complexity index is 1250. The number of carbonyl (C=O) groups excluding carboxylic acids is 1. The van der Waals surface area contributed by atoms with Crippen molar-refractivity contribution in [2.45, 2.75) is 44.3 Å². The van der Waals surface area contributed by atoms with Gasteiger partial charge < -0.3 is 19.2 Å². The number of hydrogen-bond donors (Lipinski definition) is 1. The Kier molecular flexibility index (Phi) is 7.02. The van der Waals surface area contributed by atoms with Crippen LogP contribution in [0.1, 0.15) is 37.9 Å². The minimum atomic E-state index is -5.01. The number of nitrogens with one attached hydrogen (secondary N) is 1. The van der Waals surface area contributed by atoms with Crippen molar-refractivity contribution < 1.29 is 31.9 Å². The predicted molar refractivity (Wildman–Crippen MR) is 120 cm³/mol. The Labute approximate surface area is 197 Å². The summed E-state index contributed by atoms with van der Waals surface area (Å²) in [5.41, 5.74) is -1.37. The van der Waals surface area contributed by atoms with Crippen molar-refractivity contribution in [1.29, 1.82) is 0 Å². The number of amides is 1. The molecule has 34 heavy (non-hydrogen) atoms. The van der Waals surface area contributed by atoms with Gasteiger partial charge in [-0.3, -0.25) is 9.59 Å². The van der Waals surface area contributed by atoms with Gasteiger partial charge in [0, 0.05) is 12.1 Å². The molecule has 1 saturated carbocycles.